The van der Waals surface area contributed by atoms with Crippen molar-refractivity contribution in [1.29, 1.82) is 0 Å². The number of carbonyl (C=O) groups excluding carboxylic acids is 1. The van der Waals surface area contributed by atoms with E-state index in [1.165, 1.54) is 0 Å². The number of hydrogen-bond donors (Lipinski definition) is 1. The molecular weight excluding hydrogens is 472 g/mol. The summed E-state index contributed by atoms with van der Waals surface area (Å²) in [7, 11) is 0. The van der Waals surface area contributed by atoms with E-state index in [-0.39, 0.29) is 18.4 Å². The van der Waals surface area contributed by atoms with Gasteiger partial charge < -0.3 is 5.32 Å². The minimum Gasteiger partial charge on any atom is -0.346 e. The number of nitrogens with zero attached hydrogens (tertiary/aromatic N) is 7. The van der Waals surface area contributed by atoms with Crippen molar-refractivity contribution in [2.75, 3.05) is 0 Å². The molecule has 3 aromatic heterocycles. The molecule has 0 unspecified atom stereocenters. The van der Waals surface area contributed by atoms with Gasteiger partial charge in [0, 0.05) is 33.9 Å². The van der Waals surface area contributed by atoms with Crippen molar-refractivity contribution in [3.8, 4) is 16.9 Å². The Hall–Kier alpha value is -3.53. The Morgan fingerprint density at radius 1 is 1.09 bits per heavy atom. The second-order valence-electron chi connectivity index (χ2n) is 7.57. The Labute approximate surface area is 193 Å². The van der Waals surface area contributed by atoms with Crippen LogP contribution in [-0.2, 0) is 6.54 Å². The quantitative estimate of drug-likeness (QED) is 0.437. The molecule has 4 rings (SSSR count). The smallest absolute Gasteiger partial charge is 0.251 e. The molecule has 162 valence electrons. The van der Waals surface area contributed by atoms with Gasteiger partial charge in [0.25, 0.3) is 5.91 Å². The van der Waals surface area contributed by atoms with E-state index in [9.17, 15) is 4.79 Å². The molecule has 1 aromatic carbocycles. The van der Waals surface area contributed by atoms with Gasteiger partial charge in [-0.15, -0.1) is 5.10 Å². The molecule has 10 heteroatoms. The van der Waals surface area contributed by atoms with Gasteiger partial charge in [0.05, 0.1) is 35.5 Å². The van der Waals surface area contributed by atoms with Gasteiger partial charge in [-0.3, -0.25) is 19.7 Å². The van der Waals surface area contributed by atoms with Crippen LogP contribution in [0.4, 0.5) is 0 Å². The van der Waals surface area contributed by atoms with E-state index in [0.717, 1.165) is 21.4 Å². The first-order valence-electron chi connectivity index (χ1n) is 10.0. The molecule has 9 nitrogen and oxygen atoms in total. The van der Waals surface area contributed by atoms with Crippen molar-refractivity contribution in [1.82, 2.24) is 40.5 Å². The first-order valence-corrected chi connectivity index (χ1v) is 10.8. The number of carbonyl (C=O) groups is 1. The molecule has 0 fully saturated rings. The van der Waals surface area contributed by atoms with Gasteiger partial charge in [-0.25, -0.2) is 0 Å². The molecule has 4 aromatic rings. The summed E-state index contributed by atoms with van der Waals surface area (Å²) in [5, 5.41) is 15.0. The maximum Gasteiger partial charge on any atom is 0.251 e. The van der Waals surface area contributed by atoms with E-state index in [0.29, 0.717) is 22.8 Å². The van der Waals surface area contributed by atoms with Crippen LogP contribution >= 0.6 is 15.9 Å². The van der Waals surface area contributed by atoms with Crippen LogP contribution in [0, 0.1) is 6.92 Å². The lowest BCUT2D eigenvalue weighted by atomic mass is 10.0. The third-order valence-corrected chi connectivity index (χ3v) is 5.19. The molecule has 0 spiro atoms. The summed E-state index contributed by atoms with van der Waals surface area (Å²) >= 11 is 3.41. The summed E-state index contributed by atoms with van der Waals surface area (Å²) in [4.78, 5) is 26.0. The van der Waals surface area contributed by atoms with Crippen molar-refractivity contribution in [2.45, 2.75) is 33.2 Å². The van der Waals surface area contributed by atoms with E-state index in [2.05, 4.69) is 51.7 Å². The molecule has 0 saturated heterocycles. The van der Waals surface area contributed by atoms with Crippen molar-refractivity contribution in [2.24, 2.45) is 0 Å². The molecule has 0 saturated carbocycles. The van der Waals surface area contributed by atoms with E-state index in [4.69, 9.17) is 0 Å². The highest BCUT2D eigenvalue weighted by Crippen LogP contribution is 2.25. The van der Waals surface area contributed by atoms with E-state index in [1.54, 1.807) is 35.4 Å². The summed E-state index contributed by atoms with van der Waals surface area (Å²) in [6.07, 6.45) is 5.04. The topological polar surface area (TPSA) is 111 Å². The van der Waals surface area contributed by atoms with E-state index in [1.807, 2.05) is 39.0 Å². The average molecular weight is 493 g/mol. The minimum atomic E-state index is -0.244. The summed E-state index contributed by atoms with van der Waals surface area (Å²) in [6.45, 7) is 6.16. The number of benzene rings is 1. The van der Waals surface area contributed by atoms with Gasteiger partial charge in [0.2, 0.25) is 0 Å². The highest BCUT2D eigenvalue weighted by molar-refractivity contribution is 9.10. The highest BCUT2D eigenvalue weighted by atomic mass is 79.9. The second-order valence-corrected chi connectivity index (χ2v) is 8.48. The zero-order valence-corrected chi connectivity index (χ0v) is 19.4. The first-order chi connectivity index (χ1) is 15.4. The fourth-order valence-electron chi connectivity index (χ4n) is 3.08. The maximum absolute atomic E-state index is 13.0. The molecule has 0 aliphatic heterocycles. The lowest BCUT2D eigenvalue weighted by molar-refractivity contribution is 0.0950. The number of rotatable bonds is 6. The molecule has 0 aliphatic carbocycles. The van der Waals surface area contributed by atoms with Gasteiger partial charge in [-0.05, 0) is 63.6 Å². The molecule has 0 atom stereocenters. The van der Waals surface area contributed by atoms with Crippen LogP contribution in [0.3, 0.4) is 0 Å². The third-order valence-electron chi connectivity index (χ3n) is 4.72. The standard InChI is InChI=1S/C22H21BrN8O/c1-13(2)21-28-29-30-31(21)19-7-15(20-5-4-17(23)10-26-20)6-16(8-19)22(32)27-12-18-11-24-14(3)9-25-18/h4-11,13H,12H2,1-3H3,(H,27,32). The fourth-order valence-corrected chi connectivity index (χ4v) is 3.32. The fraction of sp³-hybridized carbons (Fsp3) is 0.227. The van der Waals surface area contributed by atoms with Crippen LogP contribution in [0.1, 0.15) is 47.3 Å². The average Bonchev–Trinajstić information content (AvgIpc) is 3.29. The van der Waals surface area contributed by atoms with Crippen LogP contribution in [0.2, 0.25) is 0 Å². The van der Waals surface area contributed by atoms with Gasteiger partial charge in [0.15, 0.2) is 5.82 Å². The maximum atomic E-state index is 13.0. The van der Waals surface area contributed by atoms with Crippen molar-refractivity contribution in [3.63, 3.8) is 0 Å². The summed E-state index contributed by atoms with van der Waals surface area (Å²) in [5.74, 6) is 0.566. The Bertz CT molecular complexity index is 1240. The first kappa shape index (κ1) is 21.7. The molecule has 3 heterocycles. The Balaban J connectivity index is 1.71. The molecule has 1 amide bonds. The highest BCUT2D eigenvalue weighted by Gasteiger charge is 2.16. The van der Waals surface area contributed by atoms with Gasteiger partial charge in [0.1, 0.15) is 0 Å². The zero-order chi connectivity index (χ0) is 22.7. The van der Waals surface area contributed by atoms with Crippen LogP contribution < -0.4 is 5.32 Å². The van der Waals surface area contributed by atoms with Crippen LogP contribution in [0.15, 0.2) is 53.4 Å². The van der Waals surface area contributed by atoms with Crippen LogP contribution in [0.25, 0.3) is 16.9 Å². The molecular formula is C22H21BrN8O. The Morgan fingerprint density at radius 2 is 1.94 bits per heavy atom. The molecule has 0 bridgehead atoms. The molecule has 1 N–H and O–H groups in total. The van der Waals surface area contributed by atoms with E-state index < -0.39 is 0 Å². The number of halogens is 1. The normalized spacial score (nSPS) is 11.0. The Kier molecular flexibility index (Phi) is 6.31. The van der Waals surface area contributed by atoms with Crippen LogP contribution in [-0.4, -0.2) is 41.1 Å². The number of pyridine rings is 1. The zero-order valence-electron chi connectivity index (χ0n) is 17.8. The molecule has 32 heavy (non-hydrogen) atoms. The lowest BCUT2D eigenvalue weighted by Crippen LogP contribution is -2.23. The number of nitrogens with one attached hydrogen (secondary N) is 1. The van der Waals surface area contributed by atoms with E-state index >= 15 is 0 Å². The van der Waals surface area contributed by atoms with Crippen molar-refractivity contribution >= 4 is 21.8 Å². The third kappa shape index (κ3) is 4.86. The Morgan fingerprint density at radius 3 is 2.62 bits per heavy atom. The minimum absolute atomic E-state index is 0.108. The van der Waals surface area contributed by atoms with Crippen molar-refractivity contribution in [3.05, 3.63) is 76.2 Å². The lowest BCUT2D eigenvalue weighted by Gasteiger charge is -2.12. The SMILES string of the molecule is Cc1cnc(CNC(=O)c2cc(-c3ccc(Br)cn3)cc(-n3nnnc3C(C)C)c2)cn1. The van der Waals surface area contributed by atoms with Gasteiger partial charge >= 0.3 is 0 Å². The monoisotopic (exact) mass is 492 g/mol. The molecule has 0 aliphatic rings. The number of tetrazole rings is 1. The van der Waals surface area contributed by atoms with Crippen LogP contribution in [0.5, 0.6) is 0 Å². The van der Waals surface area contributed by atoms with Gasteiger partial charge in [-0.2, -0.15) is 4.68 Å². The summed E-state index contributed by atoms with van der Waals surface area (Å²) in [5.41, 5.74) is 4.15. The predicted molar refractivity (Wildman–Crippen MR) is 122 cm³/mol. The van der Waals surface area contributed by atoms with Crippen molar-refractivity contribution < 1.29 is 4.79 Å². The number of amides is 1. The number of aromatic nitrogens is 7. The van der Waals surface area contributed by atoms with Gasteiger partial charge in [-0.1, -0.05) is 13.8 Å². The number of hydrogen-bond acceptors (Lipinski definition) is 7. The largest absolute Gasteiger partial charge is 0.346 e. The summed E-state index contributed by atoms with van der Waals surface area (Å²) < 4.78 is 2.52. The number of aryl methyl sites for hydroxylation is 1. The predicted octanol–water partition coefficient (Wildman–Crippen LogP) is 3.64. The summed E-state index contributed by atoms with van der Waals surface area (Å²) in [6, 6.07) is 9.27. The second kappa shape index (κ2) is 9.31. The molecule has 0 radical (unpaired) electrons.